The highest BCUT2D eigenvalue weighted by Gasteiger charge is 2.09. The van der Waals surface area contributed by atoms with Crippen LogP contribution in [0.15, 0.2) is 0 Å². The van der Waals surface area contributed by atoms with Crippen LogP contribution in [-0.2, 0) is 4.74 Å². The molecule has 0 bridgehead atoms. The van der Waals surface area contributed by atoms with Crippen molar-refractivity contribution in [3.63, 3.8) is 0 Å². The van der Waals surface area contributed by atoms with E-state index in [4.69, 9.17) is 14.2 Å². The molecule has 7 nitrogen and oxygen atoms in total. The van der Waals surface area contributed by atoms with E-state index >= 15 is 0 Å². The van der Waals surface area contributed by atoms with Crippen molar-refractivity contribution in [2.45, 2.75) is 40.2 Å². The lowest BCUT2D eigenvalue weighted by atomic mass is 10.5. The number of nitrogens with one attached hydrogen (secondary N) is 1. The third kappa shape index (κ3) is 6.51. The topological polar surface area (TPSA) is 78.4 Å². The summed E-state index contributed by atoms with van der Waals surface area (Å²) in [5.74, 6) is 0.447. The lowest BCUT2D eigenvalue weighted by Crippen LogP contribution is -2.14. The van der Waals surface area contributed by atoms with Gasteiger partial charge in [-0.1, -0.05) is 6.92 Å². The number of ether oxygens (including phenoxy) is 3. The summed E-state index contributed by atoms with van der Waals surface area (Å²) in [6, 6.07) is 0.502. The molecule has 0 saturated heterocycles. The fourth-order valence-electron chi connectivity index (χ4n) is 1.34. The number of nitrogens with zero attached hydrogens (tertiary/aromatic N) is 3. The Morgan fingerprint density at radius 2 is 1.75 bits per heavy atom. The Hall–Kier alpha value is -1.63. The van der Waals surface area contributed by atoms with Crippen LogP contribution in [0, 0.1) is 0 Å². The van der Waals surface area contributed by atoms with E-state index in [2.05, 4.69) is 27.2 Å². The molecule has 0 fully saturated rings. The molecular weight excluding hydrogens is 260 g/mol. The monoisotopic (exact) mass is 284 g/mol. The number of aromatic nitrogens is 3. The summed E-state index contributed by atoms with van der Waals surface area (Å²) in [7, 11) is 0. The van der Waals surface area contributed by atoms with Gasteiger partial charge in [-0.05, 0) is 27.2 Å². The van der Waals surface area contributed by atoms with Crippen molar-refractivity contribution in [2.24, 2.45) is 0 Å². The molecule has 0 aromatic carbocycles. The van der Waals surface area contributed by atoms with Crippen LogP contribution in [0.25, 0.3) is 0 Å². The molecule has 1 aromatic heterocycles. The first-order valence-corrected chi connectivity index (χ1v) is 7.02. The lowest BCUT2D eigenvalue weighted by Gasteiger charge is -2.11. The van der Waals surface area contributed by atoms with Crippen LogP contribution in [0.4, 0.5) is 5.95 Å². The Morgan fingerprint density at radius 1 is 1.00 bits per heavy atom. The number of hydrogen-bond acceptors (Lipinski definition) is 7. The summed E-state index contributed by atoms with van der Waals surface area (Å²) >= 11 is 0. The van der Waals surface area contributed by atoms with Crippen molar-refractivity contribution >= 4 is 5.95 Å². The molecule has 1 N–H and O–H groups in total. The average Bonchev–Trinajstić information content (AvgIpc) is 2.38. The van der Waals surface area contributed by atoms with Crippen molar-refractivity contribution in [3.05, 3.63) is 0 Å². The minimum atomic E-state index is -0.00684. The Kier molecular flexibility index (Phi) is 7.64. The van der Waals surface area contributed by atoms with E-state index in [9.17, 15) is 0 Å². The van der Waals surface area contributed by atoms with Gasteiger partial charge in [0.2, 0.25) is 5.95 Å². The molecule has 0 spiro atoms. The zero-order valence-corrected chi connectivity index (χ0v) is 12.7. The van der Waals surface area contributed by atoms with Crippen molar-refractivity contribution in [2.75, 3.05) is 31.7 Å². The van der Waals surface area contributed by atoms with E-state index in [1.165, 1.54) is 0 Å². The van der Waals surface area contributed by atoms with Crippen LogP contribution < -0.4 is 14.8 Å². The van der Waals surface area contributed by atoms with Gasteiger partial charge in [-0.3, -0.25) is 0 Å². The van der Waals surface area contributed by atoms with E-state index in [-0.39, 0.29) is 18.1 Å². The molecule has 114 valence electrons. The van der Waals surface area contributed by atoms with Crippen molar-refractivity contribution in [1.82, 2.24) is 15.0 Å². The number of anilines is 1. The maximum Gasteiger partial charge on any atom is 0.324 e. The largest absolute Gasteiger partial charge is 0.461 e. The van der Waals surface area contributed by atoms with Gasteiger partial charge >= 0.3 is 12.0 Å². The van der Waals surface area contributed by atoms with E-state index in [0.717, 1.165) is 13.0 Å². The quantitative estimate of drug-likeness (QED) is 0.657. The molecule has 1 heterocycles. The summed E-state index contributed by atoms with van der Waals surface area (Å²) in [5.41, 5.74) is 0. The molecule has 0 aliphatic carbocycles. The molecule has 1 rings (SSSR count). The first-order valence-electron chi connectivity index (χ1n) is 7.02. The van der Waals surface area contributed by atoms with Gasteiger partial charge in [0.05, 0.1) is 12.7 Å². The van der Waals surface area contributed by atoms with Crippen LogP contribution in [0.3, 0.4) is 0 Å². The maximum atomic E-state index is 5.47. The van der Waals surface area contributed by atoms with E-state index < -0.39 is 0 Å². The minimum Gasteiger partial charge on any atom is -0.461 e. The molecule has 0 saturated carbocycles. The average molecular weight is 284 g/mol. The van der Waals surface area contributed by atoms with Crippen molar-refractivity contribution in [3.8, 4) is 12.0 Å². The molecular formula is C13H24N4O3. The van der Waals surface area contributed by atoms with Crippen LogP contribution >= 0.6 is 0 Å². The van der Waals surface area contributed by atoms with Crippen molar-refractivity contribution < 1.29 is 14.2 Å². The summed E-state index contributed by atoms with van der Waals surface area (Å²) < 4.78 is 16.3. The summed E-state index contributed by atoms with van der Waals surface area (Å²) in [4.78, 5) is 12.4. The van der Waals surface area contributed by atoms with Crippen LogP contribution in [0.2, 0.25) is 0 Å². The third-order valence-corrected chi connectivity index (χ3v) is 2.08. The van der Waals surface area contributed by atoms with E-state index in [1.807, 2.05) is 20.8 Å². The molecule has 1 aromatic rings. The molecule has 0 atom stereocenters. The first-order chi connectivity index (χ1) is 9.65. The molecule has 7 heteroatoms. The fourth-order valence-corrected chi connectivity index (χ4v) is 1.34. The Bertz CT molecular complexity index is 388. The first kappa shape index (κ1) is 16.4. The van der Waals surface area contributed by atoms with Crippen molar-refractivity contribution in [1.29, 1.82) is 0 Å². The Labute approximate surface area is 120 Å². The molecule has 20 heavy (non-hydrogen) atoms. The minimum absolute atomic E-state index is 0.00684. The summed E-state index contributed by atoms with van der Waals surface area (Å²) in [5, 5.41) is 3.02. The van der Waals surface area contributed by atoms with Crippen LogP contribution in [-0.4, -0.2) is 47.4 Å². The van der Waals surface area contributed by atoms with E-state index in [1.54, 1.807) is 0 Å². The van der Waals surface area contributed by atoms with Gasteiger partial charge < -0.3 is 19.5 Å². The van der Waals surface area contributed by atoms with Gasteiger partial charge in [0.15, 0.2) is 0 Å². The molecule has 0 amide bonds. The van der Waals surface area contributed by atoms with Crippen LogP contribution in [0.1, 0.15) is 34.1 Å². The van der Waals surface area contributed by atoms with Gasteiger partial charge in [-0.2, -0.15) is 9.97 Å². The second kappa shape index (κ2) is 9.30. The van der Waals surface area contributed by atoms with Gasteiger partial charge in [-0.25, -0.2) is 0 Å². The molecule has 0 aliphatic heterocycles. The van der Waals surface area contributed by atoms with Gasteiger partial charge in [0, 0.05) is 13.2 Å². The zero-order chi connectivity index (χ0) is 14.8. The SMILES string of the molecule is CCCOCCOc1nc(NCC)nc(OC(C)C)n1. The Morgan fingerprint density at radius 3 is 2.40 bits per heavy atom. The highest BCUT2D eigenvalue weighted by atomic mass is 16.5. The Balaban J connectivity index is 2.60. The highest BCUT2D eigenvalue weighted by Crippen LogP contribution is 2.14. The number of hydrogen-bond donors (Lipinski definition) is 1. The zero-order valence-electron chi connectivity index (χ0n) is 12.7. The van der Waals surface area contributed by atoms with E-state index in [0.29, 0.717) is 25.7 Å². The number of rotatable bonds is 10. The standard InChI is InChI=1S/C13H24N4O3/c1-5-7-18-8-9-19-12-15-11(14-6-2)16-13(17-12)20-10(3)4/h10H,5-9H2,1-4H3,(H,14,15,16,17). The maximum absolute atomic E-state index is 5.47. The van der Waals surface area contributed by atoms with Gasteiger partial charge in [0.1, 0.15) is 6.61 Å². The highest BCUT2D eigenvalue weighted by molar-refractivity contribution is 5.27. The molecule has 0 unspecified atom stereocenters. The normalized spacial score (nSPS) is 10.7. The second-order valence-corrected chi connectivity index (χ2v) is 4.38. The lowest BCUT2D eigenvalue weighted by molar-refractivity contribution is 0.0964. The third-order valence-electron chi connectivity index (χ3n) is 2.08. The van der Waals surface area contributed by atoms with Gasteiger partial charge in [0.25, 0.3) is 0 Å². The summed E-state index contributed by atoms with van der Waals surface area (Å²) in [6.45, 7) is 10.2. The van der Waals surface area contributed by atoms with Crippen LogP contribution in [0.5, 0.6) is 12.0 Å². The second-order valence-electron chi connectivity index (χ2n) is 4.38. The summed E-state index contributed by atoms with van der Waals surface area (Å²) in [6.07, 6.45) is 0.982. The molecule has 0 aliphatic rings. The van der Waals surface area contributed by atoms with Gasteiger partial charge in [-0.15, -0.1) is 4.98 Å². The fraction of sp³-hybridized carbons (Fsp3) is 0.769. The predicted octanol–water partition coefficient (Wildman–Crippen LogP) is 1.90. The molecule has 0 radical (unpaired) electrons. The predicted molar refractivity (Wildman–Crippen MR) is 76.4 cm³/mol. The smallest absolute Gasteiger partial charge is 0.324 e.